The monoisotopic (exact) mass is 512 g/mol. The fourth-order valence-electron chi connectivity index (χ4n) is 4.81. The van der Waals surface area contributed by atoms with Gasteiger partial charge in [0.1, 0.15) is 34.5 Å². The second-order valence-corrected chi connectivity index (χ2v) is 9.07. The van der Waals surface area contributed by atoms with Crippen molar-refractivity contribution in [1.82, 2.24) is 24.3 Å². The first-order valence-corrected chi connectivity index (χ1v) is 12.3. The number of carbonyl (C=O) groups is 2. The van der Waals surface area contributed by atoms with E-state index in [1.807, 2.05) is 22.3 Å². The molecule has 0 spiro atoms. The minimum absolute atomic E-state index is 0.0196. The van der Waals surface area contributed by atoms with Gasteiger partial charge < -0.3 is 16.0 Å². The van der Waals surface area contributed by atoms with E-state index in [0.29, 0.717) is 41.8 Å². The van der Waals surface area contributed by atoms with Gasteiger partial charge in [-0.15, -0.1) is 0 Å². The third kappa shape index (κ3) is 4.64. The van der Waals surface area contributed by atoms with Crippen LogP contribution >= 0.6 is 0 Å². The summed E-state index contributed by atoms with van der Waals surface area (Å²) in [5.74, 6) is -0.261. The molecule has 1 atom stereocenters. The first kappa shape index (κ1) is 24.8. The van der Waals surface area contributed by atoms with Gasteiger partial charge in [0.2, 0.25) is 5.91 Å². The highest BCUT2D eigenvalue weighted by Gasteiger charge is 2.29. The molecule has 38 heavy (non-hydrogen) atoms. The van der Waals surface area contributed by atoms with E-state index >= 15 is 4.39 Å². The molecule has 1 fully saturated rings. The van der Waals surface area contributed by atoms with Crippen LogP contribution in [0.1, 0.15) is 53.8 Å². The molecular weight excluding hydrogens is 487 g/mol. The van der Waals surface area contributed by atoms with Gasteiger partial charge in [-0.1, -0.05) is 13.0 Å². The molecule has 0 radical (unpaired) electrons. The van der Waals surface area contributed by atoms with Gasteiger partial charge in [-0.3, -0.25) is 14.0 Å². The van der Waals surface area contributed by atoms with Crippen LogP contribution in [0.15, 0.2) is 48.9 Å². The Kier molecular flexibility index (Phi) is 6.70. The molecule has 1 aliphatic heterocycles. The second-order valence-electron chi connectivity index (χ2n) is 9.07. The summed E-state index contributed by atoms with van der Waals surface area (Å²) in [7, 11) is 0. The summed E-state index contributed by atoms with van der Waals surface area (Å²) in [6, 6.07) is 9.07. The number of rotatable bonds is 5. The number of nitrogens with zero attached hydrogens (tertiary/aromatic N) is 6. The number of nitriles is 1. The lowest BCUT2D eigenvalue weighted by molar-refractivity contribution is -0.132. The summed E-state index contributed by atoms with van der Waals surface area (Å²) in [5, 5.41) is 11.5. The molecule has 0 bridgehead atoms. The van der Waals surface area contributed by atoms with Gasteiger partial charge in [-0.05, 0) is 37.1 Å². The largest absolute Gasteiger partial charge is 0.382 e. The zero-order valence-electron chi connectivity index (χ0n) is 20.7. The third-order valence-electron chi connectivity index (χ3n) is 6.67. The number of fused-ring (bicyclic) bond motifs is 1. The maximum atomic E-state index is 15.2. The van der Waals surface area contributed by atoms with E-state index in [2.05, 4.69) is 15.3 Å². The number of likely N-dealkylation sites (tertiary alicyclic amines) is 1. The van der Waals surface area contributed by atoms with Crippen LogP contribution in [0.5, 0.6) is 0 Å². The molecule has 3 aromatic heterocycles. The smallest absolute Gasteiger partial charge is 0.259 e. The Hall–Kier alpha value is -4.85. The standard InChI is InChI=1S/C27H25FN8O2/c1-2-22(37)35-10-3-4-18(15-35)26-34-23(24-25(30)32-9-11-36(24)26)17-5-6-19(20(28)13-17)27(38)33-21-12-16(14-29)7-8-31-21/h5-9,11-13,18H,2-4,10,15H2,1H3,(H2,30,32)(H,31,33,38). The lowest BCUT2D eigenvalue weighted by atomic mass is 9.97. The van der Waals surface area contributed by atoms with Crippen molar-refractivity contribution in [3.63, 3.8) is 0 Å². The summed E-state index contributed by atoms with van der Waals surface area (Å²) in [5.41, 5.74) is 7.78. The van der Waals surface area contributed by atoms with E-state index in [9.17, 15) is 9.59 Å². The van der Waals surface area contributed by atoms with E-state index in [-0.39, 0.29) is 29.0 Å². The number of benzene rings is 1. The molecule has 0 aliphatic carbocycles. The number of nitrogens with two attached hydrogens (primary N) is 1. The minimum atomic E-state index is -0.751. The van der Waals surface area contributed by atoms with Gasteiger partial charge in [-0.25, -0.2) is 19.3 Å². The number of hydrogen-bond acceptors (Lipinski definition) is 7. The zero-order chi connectivity index (χ0) is 26.8. The van der Waals surface area contributed by atoms with Gasteiger partial charge in [0.25, 0.3) is 5.91 Å². The molecular formula is C27H25FN8O2. The molecule has 3 N–H and O–H groups in total. The number of halogens is 1. The van der Waals surface area contributed by atoms with Crippen LogP contribution in [0.25, 0.3) is 16.8 Å². The predicted octanol–water partition coefficient (Wildman–Crippen LogP) is 3.75. The summed E-state index contributed by atoms with van der Waals surface area (Å²) in [6.07, 6.45) is 6.87. The number of pyridine rings is 1. The van der Waals surface area contributed by atoms with Crippen molar-refractivity contribution >= 4 is 29.0 Å². The molecule has 0 saturated carbocycles. The van der Waals surface area contributed by atoms with Crippen molar-refractivity contribution in [3.8, 4) is 17.3 Å². The van der Waals surface area contributed by atoms with Gasteiger partial charge in [0.15, 0.2) is 0 Å². The molecule has 1 unspecified atom stereocenters. The Labute approximate surface area is 217 Å². The summed E-state index contributed by atoms with van der Waals surface area (Å²) < 4.78 is 17.1. The summed E-state index contributed by atoms with van der Waals surface area (Å²) in [4.78, 5) is 40.0. The van der Waals surface area contributed by atoms with Crippen molar-refractivity contribution < 1.29 is 14.0 Å². The molecule has 5 rings (SSSR count). The quantitative estimate of drug-likeness (QED) is 0.415. The molecule has 4 aromatic rings. The predicted molar refractivity (Wildman–Crippen MR) is 139 cm³/mol. The highest BCUT2D eigenvalue weighted by molar-refractivity contribution is 6.04. The first-order valence-electron chi connectivity index (χ1n) is 12.3. The fourth-order valence-corrected chi connectivity index (χ4v) is 4.81. The van der Waals surface area contributed by atoms with Crippen molar-refractivity contribution in [2.45, 2.75) is 32.1 Å². The highest BCUT2D eigenvalue weighted by atomic mass is 19.1. The Morgan fingerprint density at radius 3 is 2.84 bits per heavy atom. The first-order chi connectivity index (χ1) is 18.4. The third-order valence-corrected chi connectivity index (χ3v) is 6.67. The molecule has 2 amide bonds. The van der Waals surface area contributed by atoms with Crippen molar-refractivity contribution in [2.75, 3.05) is 24.1 Å². The van der Waals surface area contributed by atoms with Crippen LogP contribution in [0.4, 0.5) is 16.0 Å². The average Bonchev–Trinajstić information content (AvgIpc) is 3.33. The lowest BCUT2D eigenvalue weighted by Crippen LogP contribution is -2.39. The summed E-state index contributed by atoms with van der Waals surface area (Å²) >= 11 is 0. The minimum Gasteiger partial charge on any atom is -0.382 e. The number of nitrogens with one attached hydrogen (secondary N) is 1. The Bertz CT molecular complexity index is 1590. The van der Waals surface area contributed by atoms with Crippen LogP contribution < -0.4 is 11.1 Å². The number of anilines is 2. The number of carbonyl (C=O) groups excluding carboxylic acids is 2. The zero-order valence-corrected chi connectivity index (χ0v) is 20.7. The van der Waals surface area contributed by atoms with Crippen LogP contribution in [0.3, 0.4) is 0 Å². The van der Waals surface area contributed by atoms with Crippen LogP contribution in [-0.2, 0) is 4.79 Å². The van der Waals surface area contributed by atoms with E-state index in [1.165, 1.54) is 30.5 Å². The van der Waals surface area contributed by atoms with E-state index in [0.717, 1.165) is 18.7 Å². The topological polar surface area (TPSA) is 142 Å². The van der Waals surface area contributed by atoms with Gasteiger partial charge in [0.05, 0.1) is 17.2 Å². The molecule has 1 aromatic carbocycles. The van der Waals surface area contributed by atoms with E-state index in [1.54, 1.807) is 18.5 Å². The van der Waals surface area contributed by atoms with Crippen LogP contribution in [0.2, 0.25) is 0 Å². The number of nitrogen functional groups attached to an aromatic ring is 1. The Morgan fingerprint density at radius 2 is 2.08 bits per heavy atom. The highest BCUT2D eigenvalue weighted by Crippen LogP contribution is 2.34. The molecule has 1 saturated heterocycles. The lowest BCUT2D eigenvalue weighted by Gasteiger charge is -2.32. The van der Waals surface area contributed by atoms with Gasteiger partial charge in [0, 0.05) is 49.6 Å². The number of aromatic nitrogens is 4. The maximum absolute atomic E-state index is 15.2. The number of amides is 2. The number of piperidine rings is 1. The van der Waals surface area contributed by atoms with Crippen molar-refractivity contribution in [2.24, 2.45) is 0 Å². The van der Waals surface area contributed by atoms with E-state index in [4.69, 9.17) is 16.0 Å². The molecule has 1 aliphatic rings. The normalized spacial score (nSPS) is 15.3. The Morgan fingerprint density at radius 1 is 1.24 bits per heavy atom. The average molecular weight is 513 g/mol. The van der Waals surface area contributed by atoms with Crippen molar-refractivity contribution in [1.29, 1.82) is 5.26 Å². The van der Waals surface area contributed by atoms with Gasteiger partial charge in [-0.2, -0.15) is 5.26 Å². The molecule has 4 heterocycles. The number of imidazole rings is 1. The number of hydrogen-bond donors (Lipinski definition) is 2. The SMILES string of the molecule is CCC(=O)N1CCCC(c2nc(-c3ccc(C(=O)Nc4cc(C#N)ccn4)c(F)c3)c3c(N)nccn23)C1. The maximum Gasteiger partial charge on any atom is 0.259 e. The van der Waals surface area contributed by atoms with E-state index < -0.39 is 11.7 Å². The molecule has 11 heteroatoms. The second kappa shape index (κ2) is 10.3. The van der Waals surface area contributed by atoms with Crippen molar-refractivity contribution in [3.05, 3.63) is 71.7 Å². The van der Waals surface area contributed by atoms with Crippen LogP contribution in [0, 0.1) is 17.1 Å². The van der Waals surface area contributed by atoms with Crippen LogP contribution in [-0.4, -0.2) is 49.2 Å². The fraction of sp³-hybridized carbons (Fsp3) is 0.259. The molecule has 192 valence electrons. The molecule has 10 nitrogen and oxygen atoms in total. The van der Waals surface area contributed by atoms with Gasteiger partial charge >= 0.3 is 0 Å². The Balaban J connectivity index is 1.49. The summed E-state index contributed by atoms with van der Waals surface area (Å²) in [6.45, 7) is 3.11.